The van der Waals surface area contributed by atoms with Crippen LogP contribution in [0, 0.1) is 13.8 Å². The van der Waals surface area contributed by atoms with Crippen LogP contribution in [-0.2, 0) is 6.42 Å². The summed E-state index contributed by atoms with van der Waals surface area (Å²) in [4.78, 5) is 4.61. The summed E-state index contributed by atoms with van der Waals surface area (Å²) < 4.78 is 0. The average Bonchev–Trinajstić information content (AvgIpc) is 2.78. The normalized spacial score (nSPS) is 12.6. The maximum atomic E-state index is 4.61. The number of rotatable bonds is 5. The van der Waals surface area contributed by atoms with Crippen LogP contribution in [0.5, 0.6) is 0 Å². The summed E-state index contributed by atoms with van der Waals surface area (Å²) in [6.45, 7) is 7.34. The molecule has 2 nitrogen and oxygen atoms in total. The summed E-state index contributed by atoms with van der Waals surface area (Å²) in [6, 6.07) is 8.90. The van der Waals surface area contributed by atoms with E-state index in [-0.39, 0.29) is 0 Å². The Bertz CT molecular complexity index is 505. The van der Waals surface area contributed by atoms with Gasteiger partial charge in [0.05, 0.1) is 16.7 Å². The van der Waals surface area contributed by atoms with Crippen LogP contribution in [0.25, 0.3) is 0 Å². The third kappa shape index (κ3) is 3.18. The fourth-order valence-electron chi connectivity index (χ4n) is 2.13. The minimum atomic E-state index is 0.320. The molecular formula is C15H20N2S. The van der Waals surface area contributed by atoms with Crippen LogP contribution in [0.1, 0.15) is 34.8 Å². The van der Waals surface area contributed by atoms with Crippen molar-refractivity contribution in [2.24, 2.45) is 0 Å². The zero-order valence-corrected chi connectivity index (χ0v) is 12.1. The second-order valence-electron chi connectivity index (χ2n) is 4.53. The van der Waals surface area contributed by atoms with E-state index in [0.29, 0.717) is 6.04 Å². The first kappa shape index (κ1) is 13.2. The van der Waals surface area contributed by atoms with E-state index in [1.165, 1.54) is 16.8 Å². The number of nitrogens with one attached hydrogen (secondary N) is 1. The predicted octanol–water partition coefficient (Wildman–Crippen LogP) is 3.65. The molecule has 0 bridgehead atoms. The van der Waals surface area contributed by atoms with Gasteiger partial charge in [0.15, 0.2) is 0 Å². The van der Waals surface area contributed by atoms with Crippen molar-refractivity contribution in [3.8, 4) is 0 Å². The summed E-state index contributed by atoms with van der Waals surface area (Å²) in [5.74, 6) is 0. The van der Waals surface area contributed by atoms with E-state index >= 15 is 0 Å². The van der Waals surface area contributed by atoms with Crippen LogP contribution in [0.4, 0.5) is 0 Å². The van der Waals surface area contributed by atoms with Crippen LogP contribution < -0.4 is 5.32 Å². The standard InChI is InChI=1S/C15H20N2S/c1-4-16-14(15-10-18-12(3)17-15)9-13-8-6-5-7-11(13)2/h5-8,10,14,16H,4,9H2,1-3H3. The Labute approximate surface area is 113 Å². The van der Waals surface area contributed by atoms with E-state index in [9.17, 15) is 0 Å². The number of likely N-dealkylation sites (N-methyl/N-ethyl adjacent to an activating group) is 1. The number of aryl methyl sites for hydroxylation is 2. The van der Waals surface area contributed by atoms with E-state index in [1.54, 1.807) is 11.3 Å². The van der Waals surface area contributed by atoms with Crippen molar-refractivity contribution in [2.75, 3.05) is 6.54 Å². The van der Waals surface area contributed by atoms with E-state index in [4.69, 9.17) is 0 Å². The number of nitrogens with zero attached hydrogens (tertiary/aromatic N) is 1. The van der Waals surface area contributed by atoms with Crippen molar-refractivity contribution < 1.29 is 0 Å². The molecular weight excluding hydrogens is 240 g/mol. The molecule has 2 rings (SSSR count). The number of hydrogen-bond donors (Lipinski definition) is 1. The number of benzene rings is 1. The Balaban J connectivity index is 2.19. The molecule has 0 aliphatic heterocycles. The molecule has 0 amide bonds. The topological polar surface area (TPSA) is 24.9 Å². The van der Waals surface area contributed by atoms with E-state index in [2.05, 4.69) is 60.7 Å². The Hall–Kier alpha value is -1.19. The number of hydrogen-bond acceptors (Lipinski definition) is 3. The zero-order chi connectivity index (χ0) is 13.0. The van der Waals surface area contributed by atoms with Crippen molar-refractivity contribution in [1.82, 2.24) is 10.3 Å². The molecule has 0 saturated heterocycles. The Morgan fingerprint density at radius 2 is 2.06 bits per heavy atom. The average molecular weight is 260 g/mol. The molecule has 1 unspecified atom stereocenters. The smallest absolute Gasteiger partial charge is 0.0898 e. The van der Waals surface area contributed by atoms with Crippen LogP contribution in [0.3, 0.4) is 0 Å². The van der Waals surface area contributed by atoms with Gasteiger partial charge in [0, 0.05) is 5.38 Å². The molecule has 3 heteroatoms. The van der Waals surface area contributed by atoms with Gasteiger partial charge in [0.2, 0.25) is 0 Å². The summed E-state index contributed by atoms with van der Waals surface area (Å²) in [6.07, 6.45) is 1.00. The van der Waals surface area contributed by atoms with E-state index in [0.717, 1.165) is 18.0 Å². The lowest BCUT2D eigenvalue weighted by Crippen LogP contribution is -2.23. The Morgan fingerprint density at radius 3 is 2.67 bits per heavy atom. The molecule has 1 heterocycles. The Morgan fingerprint density at radius 1 is 1.28 bits per heavy atom. The quantitative estimate of drug-likeness (QED) is 0.887. The molecule has 1 atom stereocenters. The highest BCUT2D eigenvalue weighted by Crippen LogP contribution is 2.21. The second-order valence-corrected chi connectivity index (χ2v) is 5.59. The Kier molecular flexibility index (Phi) is 4.50. The maximum absolute atomic E-state index is 4.61. The van der Waals surface area contributed by atoms with Crippen molar-refractivity contribution in [3.63, 3.8) is 0 Å². The highest BCUT2D eigenvalue weighted by Gasteiger charge is 2.14. The van der Waals surface area contributed by atoms with Gasteiger partial charge in [-0.1, -0.05) is 31.2 Å². The molecule has 18 heavy (non-hydrogen) atoms. The minimum Gasteiger partial charge on any atom is -0.309 e. The van der Waals surface area contributed by atoms with Gasteiger partial charge in [-0.15, -0.1) is 11.3 Å². The SMILES string of the molecule is CCNC(Cc1ccccc1C)c1csc(C)n1. The van der Waals surface area contributed by atoms with Crippen LogP contribution in [0.2, 0.25) is 0 Å². The van der Waals surface area contributed by atoms with Gasteiger partial charge in [-0.3, -0.25) is 0 Å². The van der Waals surface area contributed by atoms with Gasteiger partial charge in [0.1, 0.15) is 0 Å². The lowest BCUT2D eigenvalue weighted by atomic mass is 9.99. The van der Waals surface area contributed by atoms with Gasteiger partial charge < -0.3 is 5.32 Å². The second kappa shape index (κ2) is 6.12. The van der Waals surface area contributed by atoms with Gasteiger partial charge in [-0.25, -0.2) is 4.98 Å². The van der Waals surface area contributed by atoms with E-state index in [1.807, 2.05) is 0 Å². The summed E-state index contributed by atoms with van der Waals surface area (Å²) in [5, 5.41) is 6.84. The molecule has 0 aliphatic carbocycles. The number of thiazole rings is 1. The van der Waals surface area contributed by atoms with Crippen molar-refractivity contribution in [2.45, 2.75) is 33.2 Å². The fourth-order valence-corrected chi connectivity index (χ4v) is 2.79. The largest absolute Gasteiger partial charge is 0.309 e. The third-order valence-corrected chi connectivity index (χ3v) is 3.92. The van der Waals surface area contributed by atoms with Gasteiger partial charge in [0.25, 0.3) is 0 Å². The predicted molar refractivity (Wildman–Crippen MR) is 78.2 cm³/mol. The molecule has 1 aromatic carbocycles. The van der Waals surface area contributed by atoms with Crippen molar-refractivity contribution in [1.29, 1.82) is 0 Å². The van der Waals surface area contributed by atoms with Crippen molar-refractivity contribution >= 4 is 11.3 Å². The lowest BCUT2D eigenvalue weighted by molar-refractivity contribution is 0.537. The molecule has 1 aromatic heterocycles. The molecule has 0 fully saturated rings. The van der Waals surface area contributed by atoms with Crippen LogP contribution in [-0.4, -0.2) is 11.5 Å². The molecule has 0 spiro atoms. The van der Waals surface area contributed by atoms with Crippen LogP contribution >= 0.6 is 11.3 Å². The first-order valence-electron chi connectivity index (χ1n) is 6.40. The summed E-state index contributed by atoms with van der Waals surface area (Å²) >= 11 is 1.72. The van der Waals surface area contributed by atoms with Crippen molar-refractivity contribution in [3.05, 3.63) is 51.5 Å². The first-order chi connectivity index (χ1) is 8.70. The summed E-state index contributed by atoms with van der Waals surface area (Å²) in [5.41, 5.74) is 3.92. The lowest BCUT2D eigenvalue weighted by Gasteiger charge is -2.17. The van der Waals surface area contributed by atoms with Gasteiger partial charge in [-0.05, 0) is 37.9 Å². The third-order valence-electron chi connectivity index (χ3n) is 3.13. The highest BCUT2D eigenvalue weighted by atomic mass is 32.1. The zero-order valence-electron chi connectivity index (χ0n) is 11.2. The molecule has 1 N–H and O–H groups in total. The fraction of sp³-hybridized carbons (Fsp3) is 0.400. The minimum absolute atomic E-state index is 0.320. The molecule has 2 aromatic rings. The molecule has 96 valence electrons. The first-order valence-corrected chi connectivity index (χ1v) is 7.28. The number of aromatic nitrogens is 1. The van der Waals surface area contributed by atoms with Gasteiger partial charge >= 0.3 is 0 Å². The van der Waals surface area contributed by atoms with Crippen LogP contribution in [0.15, 0.2) is 29.6 Å². The molecule has 0 radical (unpaired) electrons. The molecule has 0 aliphatic rings. The molecule has 0 saturated carbocycles. The monoisotopic (exact) mass is 260 g/mol. The maximum Gasteiger partial charge on any atom is 0.0898 e. The van der Waals surface area contributed by atoms with Gasteiger partial charge in [-0.2, -0.15) is 0 Å². The van der Waals surface area contributed by atoms with E-state index < -0.39 is 0 Å². The summed E-state index contributed by atoms with van der Waals surface area (Å²) in [7, 11) is 0. The highest BCUT2D eigenvalue weighted by molar-refractivity contribution is 7.09.